The minimum atomic E-state index is 0.642. The quantitative estimate of drug-likeness (QED) is 0.833. The Balaban J connectivity index is 2.04. The molecule has 0 spiro atoms. The monoisotopic (exact) mass is 257 g/mol. The Morgan fingerprint density at radius 1 is 1.26 bits per heavy atom. The molecule has 0 bridgehead atoms. The Labute approximate surface area is 116 Å². The number of nitriles is 1. The van der Waals surface area contributed by atoms with Gasteiger partial charge in [0.05, 0.1) is 11.6 Å². The summed E-state index contributed by atoms with van der Waals surface area (Å²) >= 11 is 0. The van der Waals surface area contributed by atoms with Crippen molar-refractivity contribution < 1.29 is 0 Å². The van der Waals surface area contributed by atoms with Crippen LogP contribution in [0.4, 0.5) is 0 Å². The summed E-state index contributed by atoms with van der Waals surface area (Å²) in [5.41, 5.74) is 2.05. The van der Waals surface area contributed by atoms with Gasteiger partial charge in [0.2, 0.25) is 0 Å². The molecule has 1 saturated heterocycles. The lowest BCUT2D eigenvalue weighted by atomic mass is 10.1. The zero-order valence-electron chi connectivity index (χ0n) is 12.0. The Bertz CT molecular complexity index is 432. The van der Waals surface area contributed by atoms with Gasteiger partial charge in [-0.2, -0.15) is 5.26 Å². The van der Waals surface area contributed by atoms with Crippen LogP contribution in [-0.4, -0.2) is 42.5 Å². The topological polar surface area (TPSA) is 30.3 Å². The molecule has 0 saturated carbocycles. The highest BCUT2D eigenvalue weighted by Gasteiger charge is 2.21. The van der Waals surface area contributed by atoms with E-state index in [0.29, 0.717) is 6.04 Å². The van der Waals surface area contributed by atoms with Crippen LogP contribution >= 0.6 is 0 Å². The highest BCUT2D eigenvalue weighted by Crippen LogP contribution is 2.16. The van der Waals surface area contributed by atoms with Crippen molar-refractivity contribution in [3.05, 3.63) is 35.4 Å². The number of rotatable bonds is 3. The summed E-state index contributed by atoms with van der Waals surface area (Å²) in [6, 6.07) is 10.8. The van der Waals surface area contributed by atoms with Crippen LogP contribution < -0.4 is 0 Å². The maximum atomic E-state index is 8.83. The van der Waals surface area contributed by atoms with Gasteiger partial charge >= 0.3 is 0 Å². The predicted octanol–water partition coefficient (Wildman–Crippen LogP) is 2.47. The van der Waals surface area contributed by atoms with Crippen molar-refractivity contribution in [3.63, 3.8) is 0 Å². The minimum absolute atomic E-state index is 0.642. The summed E-state index contributed by atoms with van der Waals surface area (Å²) in [7, 11) is 2.22. The Hall–Kier alpha value is -1.37. The molecule has 1 aliphatic heterocycles. The van der Waals surface area contributed by atoms with Crippen LogP contribution in [0.15, 0.2) is 24.3 Å². The second-order valence-electron chi connectivity index (χ2n) is 5.46. The molecule has 0 aliphatic carbocycles. The van der Waals surface area contributed by atoms with Crippen molar-refractivity contribution in [2.24, 2.45) is 0 Å². The first-order chi connectivity index (χ1) is 9.22. The van der Waals surface area contributed by atoms with Gasteiger partial charge in [-0.15, -0.1) is 0 Å². The first-order valence-electron chi connectivity index (χ1n) is 7.14. The lowest BCUT2D eigenvalue weighted by Gasteiger charge is -2.30. The smallest absolute Gasteiger partial charge is 0.0991 e. The molecule has 3 heteroatoms. The molecule has 1 unspecified atom stereocenters. The van der Waals surface area contributed by atoms with E-state index in [4.69, 9.17) is 5.26 Å². The van der Waals surface area contributed by atoms with E-state index in [9.17, 15) is 0 Å². The first-order valence-corrected chi connectivity index (χ1v) is 7.14. The summed E-state index contributed by atoms with van der Waals surface area (Å²) in [6.45, 7) is 6.80. The Kier molecular flexibility index (Phi) is 4.95. The molecule has 1 aliphatic rings. The fourth-order valence-electron chi connectivity index (χ4n) is 2.81. The van der Waals surface area contributed by atoms with Crippen LogP contribution in [0.5, 0.6) is 0 Å². The number of likely N-dealkylation sites (N-methyl/N-ethyl adjacent to an activating group) is 1. The second-order valence-corrected chi connectivity index (χ2v) is 5.46. The predicted molar refractivity (Wildman–Crippen MR) is 77.8 cm³/mol. The fraction of sp³-hybridized carbons (Fsp3) is 0.562. The molecule has 2 rings (SSSR count). The third-order valence-electron chi connectivity index (χ3n) is 3.96. The molecule has 1 heterocycles. The molecule has 0 aromatic heterocycles. The van der Waals surface area contributed by atoms with Crippen LogP contribution in [0.2, 0.25) is 0 Å². The van der Waals surface area contributed by atoms with Gasteiger partial charge in [0.15, 0.2) is 0 Å². The number of hydrogen-bond donors (Lipinski definition) is 0. The first kappa shape index (κ1) is 14.0. The lowest BCUT2D eigenvalue weighted by molar-refractivity contribution is 0.176. The molecule has 0 amide bonds. The van der Waals surface area contributed by atoms with E-state index in [2.05, 4.69) is 42.0 Å². The van der Waals surface area contributed by atoms with Crippen LogP contribution in [0.1, 0.15) is 30.9 Å². The zero-order chi connectivity index (χ0) is 13.7. The molecule has 102 valence electrons. The van der Waals surface area contributed by atoms with E-state index < -0.39 is 0 Å². The molecule has 0 radical (unpaired) electrons. The van der Waals surface area contributed by atoms with Gasteiger partial charge in [-0.1, -0.05) is 19.1 Å². The van der Waals surface area contributed by atoms with Gasteiger partial charge in [-0.3, -0.25) is 4.90 Å². The average molecular weight is 257 g/mol. The molecular formula is C16H23N3. The fourth-order valence-corrected chi connectivity index (χ4v) is 2.81. The molecule has 3 nitrogen and oxygen atoms in total. The Morgan fingerprint density at radius 2 is 2.00 bits per heavy atom. The third kappa shape index (κ3) is 3.79. The SMILES string of the molecule is CCC1CN(C)CCCN1Cc1ccc(C#N)cc1. The van der Waals surface area contributed by atoms with Gasteiger partial charge < -0.3 is 4.90 Å². The number of benzene rings is 1. The van der Waals surface area contributed by atoms with Crippen molar-refractivity contribution in [3.8, 4) is 6.07 Å². The average Bonchev–Trinajstić information content (AvgIpc) is 2.61. The van der Waals surface area contributed by atoms with E-state index in [1.165, 1.54) is 31.5 Å². The number of nitrogens with zero attached hydrogens (tertiary/aromatic N) is 3. The standard InChI is InChI=1S/C16H23N3/c1-3-16-13-18(2)9-4-10-19(16)12-15-7-5-14(11-17)6-8-15/h5-8,16H,3-4,9-10,12-13H2,1-2H3. The Morgan fingerprint density at radius 3 is 2.63 bits per heavy atom. The van der Waals surface area contributed by atoms with Crippen LogP contribution in [-0.2, 0) is 6.54 Å². The summed E-state index contributed by atoms with van der Waals surface area (Å²) in [5, 5.41) is 8.83. The van der Waals surface area contributed by atoms with E-state index in [1.54, 1.807) is 0 Å². The maximum absolute atomic E-state index is 8.83. The molecule has 1 aromatic carbocycles. The van der Waals surface area contributed by atoms with Gasteiger partial charge in [0.1, 0.15) is 0 Å². The van der Waals surface area contributed by atoms with Crippen LogP contribution in [0.3, 0.4) is 0 Å². The summed E-state index contributed by atoms with van der Waals surface area (Å²) in [5.74, 6) is 0. The van der Waals surface area contributed by atoms with E-state index in [-0.39, 0.29) is 0 Å². The van der Waals surface area contributed by atoms with Crippen molar-refractivity contribution in [2.75, 3.05) is 26.7 Å². The van der Waals surface area contributed by atoms with E-state index in [0.717, 1.165) is 18.7 Å². The van der Waals surface area contributed by atoms with Crippen molar-refractivity contribution in [2.45, 2.75) is 32.4 Å². The molecule has 19 heavy (non-hydrogen) atoms. The normalized spacial score (nSPS) is 21.8. The summed E-state index contributed by atoms with van der Waals surface area (Å²) in [6.07, 6.45) is 2.43. The second kappa shape index (κ2) is 6.70. The highest BCUT2D eigenvalue weighted by molar-refractivity contribution is 5.31. The van der Waals surface area contributed by atoms with Gasteiger partial charge in [0, 0.05) is 25.7 Å². The largest absolute Gasteiger partial charge is 0.305 e. The zero-order valence-corrected chi connectivity index (χ0v) is 12.0. The van der Waals surface area contributed by atoms with Crippen LogP contribution in [0.25, 0.3) is 0 Å². The molecule has 1 atom stereocenters. The van der Waals surface area contributed by atoms with Crippen LogP contribution in [0, 0.1) is 11.3 Å². The van der Waals surface area contributed by atoms with Crippen molar-refractivity contribution in [1.82, 2.24) is 9.80 Å². The molecular weight excluding hydrogens is 234 g/mol. The molecule has 0 N–H and O–H groups in total. The van der Waals surface area contributed by atoms with Gasteiger partial charge in [0.25, 0.3) is 0 Å². The minimum Gasteiger partial charge on any atom is -0.305 e. The van der Waals surface area contributed by atoms with Crippen molar-refractivity contribution in [1.29, 1.82) is 5.26 Å². The van der Waals surface area contributed by atoms with E-state index >= 15 is 0 Å². The van der Waals surface area contributed by atoms with Crippen molar-refractivity contribution >= 4 is 0 Å². The molecule has 1 fully saturated rings. The van der Waals surface area contributed by atoms with E-state index in [1.807, 2.05) is 12.1 Å². The lowest BCUT2D eigenvalue weighted by Crippen LogP contribution is -2.39. The number of hydrogen-bond acceptors (Lipinski definition) is 3. The summed E-state index contributed by atoms with van der Waals surface area (Å²) in [4.78, 5) is 5.03. The maximum Gasteiger partial charge on any atom is 0.0991 e. The van der Waals surface area contributed by atoms with Gasteiger partial charge in [-0.25, -0.2) is 0 Å². The van der Waals surface area contributed by atoms with Gasteiger partial charge in [-0.05, 0) is 44.1 Å². The highest BCUT2D eigenvalue weighted by atomic mass is 15.2. The summed E-state index contributed by atoms with van der Waals surface area (Å²) < 4.78 is 0. The third-order valence-corrected chi connectivity index (χ3v) is 3.96. The molecule has 1 aromatic rings.